The number of hydrogen-bond acceptors (Lipinski definition) is 6. The number of carbonyl (C=O) groups is 2. The lowest BCUT2D eigenvalue weighted by Gasteiger charge is -2.39. The van der Waals surface area contributed by atoms with Crippen molar-refractivity contribution in [1.82, 2.24) is 14.9 Å². The van der Waals surface area contributed by atoms with E-state index in [1.165, 1.54) is 20.1 Å². The zero-order valence-corrected chi connectivity index (χ0v) is 11.3. The summed E-state index contributed by atoms with van der Waals surface area (Å²) in [5.41, 5.74) is 0.0905. The lowest BCUT2D eigenvalue weighted by Crippen LogP contribution is -2.56. The van der Waals surface area contributed by atoms with Gasteiger partial charge in [0.1, 0.15) is 5.82 Å². The summed E-state index contributed by atoms with van der Waals surface area (Å²) in [5, 5.41) is 3.05. The van der Waals surface area contributed by atoms with Crippen molar-refractivity contribution < 1.29 is 14.3 Å². The summed E-state index contributed by atoms with van der Waals surface area (Å²) in [6.45, 7) is 2.72. The Hall–Kier alpha value is -1.89. The number of methoxy groups -OCH3 is 1. The maximum absolute atomic E-state index is 11.4. The Labute approximate surface area is 114 Å². The van der Waals surface area contributed by atoms with Crippen LogP contribution in [0.3, 0.4) is 0 Å². The molecule has 1 aliphatic heterocycles. The van der Waals surface area contributed by atoms with Crippen molar-refractivity contribution in [2.24, 2.45) is 0 Å². The number of amides is 1. The van der Waals surface area contributed by atoms with Gasteiger partial charge in [-0.3, -0.25) is 4.79 Å². The van der Waals surface area contributed by atoms with E-state index in [1.54, 1.807) is 4.90 Å². The number of nitrogens with one attached hydrogen (secondary N) is 1. The van der Waals surface area contributed by atoms with Crippen LogP contribution >= 0.6 is 11.6 Å². The van der Waals surface area contributed by atoms with Crippen LogP contribution < -0.4 is 5.32 Å². The van der Waals surface area contributed by atoms with E-state index in [2.05, 4.69) is 20.0 Å². The van der Waals surface area contributed by atoms with Gasteiger partial charge in [0, 0.05) is 26.1 Å². The SMILES string of the molecule is COC(=O)c1cc(NC2CN(C(C)=O)C2)nc(Cl)n1. The van der Waals surface area contributed by atoms with Crippen LogP contribution in [-0.4, -0.2) is 53.0 Å². The maximum atomic E-state index is 11.4. The Bertz CT molecular complexity index is 517. The third-order valence-electron chi connectivity index (χ3n) is 2.77. The van der Waals surface area contributed by atoms with Crippen LogP contribution in [0.4, 0.5) is 5.82 Å². The lowest BCUT2D eigenvalue weighted by molar-refractivity contribution is -0.132. The van der Waals surface area contributed by atoms with Crippen LogP contribution in [0.5, 0.6) is 0 Å². The minimum absolute atomic E-state index is 0.0341. The van der Waals surface area contributed by atoms with Crippen molar-refractivity contribution in [1.29, 1.82) is 0 Å². The summed E-state index contributed by atoms with van der Waals surface area (Å²) < 4.78 is 4.57. The van der Waals surface area contributed by atoms with Crippen LogP contribution in [0.25, 0.3) is 0 Å². The van der Waals surface area contributed by atoms with Gasteiger partial charge in [0.05, 0.1) is 13.2 Å². The molecule has 1 fully saturated rings. The first-order chi connectivity index (χ1) is 8.99. The number of anilines is 1. The van der Waals surface area contributed by atoms with E-state index in [9.17, 15) is 9.59 Å². The van der Waals surface area contributed by atoms with Crippen molar-refractivity contribution in [2.75, 3.05) is 25.5 Å². The molecule has 2 rings (SSSR count). The van der Waals surface area contributed by atoms with Gasteiger partial charge in [0.2, 0.25) is 11.2 Å². The average Bonchev–Trinajstić information content (AvgIpc) is 2.31. The van der Waals surface area contributed by atoms with E-state index < -0.39 is 5.97 Å². The monoisotopic (exact) mass is 284 g/mol. The molecule has 1 N–H and O–H groups in total. The van der Waals surface area contributed by atoms with Crippen LogP contribution in [0.15, 0.2) is 6.07 Å². The van der Waals surface area contributed by atoms with E-state index in [0.29, 0.717) is 18.9 Å². The van der Waals surface area contributed by atoms with E-state index >= 15 is 0 Å². The smallest absolute Gasteiger partial charge is 0.356 e. The van der Waals surface area contributed by atoms with Gasteiger partial charge in [0.25, 0.3) is 0 Å². The van der Waals surface area contributed by atoms with Crippen molar-refractivity contribution >= 4 is 29.3 Å². The molecule has 1 aromatic rings. The van der Waals surface area contributed by atoms with Crippen LogP contribution in [0, 0.1) is 0 Å². The highest BCUT2D eigenvalue weighted by Crippen LogP contribution is 2.16. The number of esters is 1. The number of carbonyl (C=O) groups excluding carboxylic acids is 2. The summed E-state index contributed by atoms with van der Waals surface area (Å²) in [6, 6.07) is 1.56. The Balaban J connectivity index is 2.03. The third kappa shape index (κ3) is 3.11. The first kappa shape index (κ1) is 13.5. The predicted octanol–water partition coefficient (Wildman–Crippen LogP) is 0.559. The van der Waals surface area contributed by atoms with Gasteiger partial charge in [-0.15, -0.1) is 0 Å². The molecule has 8 heteroatoms. The summed E-state index contributed by atoms with van der Waals surface area (Å²) in [4.78, 5) is 31.9. The van der Waals surface area contributed by atoms with Crippen LogP contribution in [0.2, 0.25) is 5.28 Å². The van der Waals surface area contributed by atoms with E-state index in [-0.39, 0.29) is 22.9 Å². The largest absolute Gasteiger partial charge is 0.464 e. The summed E-state index contributed by atoms with van der Waals surface area (Å²) >= 11 is 5.74. The van der Waals surface area contributed by atoms with Gasteiger partial charge in [-0.05, 0) is 11.6 Å². The summed E-state index contributed by atoms with van der Waals surface area (Å²) in [5.74, 6) is -0.103. The van der Waals surface area contributed by atoms with Crippen molar-refractivity contribution in [3.05, 3.63) is 17.0 Å². The molecule has 0 unspecified atom stereocenters. The number of ether oxygens (including phenoxy) is 1. The zero-order chi connectivity index (χ0) is 14.0. The Morgan fingerprint density at radius 1 is 1.47 bits per heavy atom. The minimum atomic E-state index is -0.577. The van der Waals surface area contributed by atoms with Crippen LogP contribution in [0.1, 0.15) is 17.4 Å². The number of rotatable bonds is 3. The van der Waals surface area contributed by atoms with E-state index in [4.69, 9.17) is 11.6 Å². The fourth-order valence-corrected chi connectivity index (χ4v) is 1.92. The number of likely N-dealkylation sites (tertiary alicyclic amines) is 1. The van der Waals surface area contributed by atoms with Crippen molar-refractivity contribution in [2.45, 2.75) is 13.0 Å². The predicted molar refractivity (Wildman–Crippen MR) is 68.0 cm³/mol. The molecule has 2 heterocycles. The minimum Gasteiger partial charge on any atom is -0.464 e. The van der Waals surface area contributed by atoms with Crippen LogP contribution in [-0.2, 0) is 9.53 Å². The third-order valence-corrected chi connectivity index (χ3v) is 2.94. The van der Waals surface area contributed by atoms with E-state index in [1.807, 2.05) is 0 Å². The number of hydrogen-bond donors (Lipinski definition) is 1. The molecule has 1 aromatic heterocycles. The molecular formula is C11H13ClN4O3. The molecule has 0 aliphatic carbocycles. The Kier molecular flexibility index (Phi) is 3.84. The second-order valence-corrected chi connectivity index (χ2v) is 4.50. The first-order valence-corrected chi connectivity index (χ1v) is 6.02. The standard InChI is InChI=1S/C11H13ClN4O3/c1-6(17)16-4-7(5-16)13-9-3-8(10(18)19-2)14-11(12)15-9/h3,7H,4-5H2,1-2H3,(H,13,14,15). The molecule has 0 radical (unpaired) electrons. The fraction of sp³-hybridized carbons (Fsp3) is 0.455. The molecular weight excluding hydrogens is 272 g/mol. The summed E-state index contributed by atoms with van der Waals surface area (Å²) in [7, 11) is 1.27. The van der Waals surface area contributed by atoms with Gasteiger partial charge in [0.15, 0.2) is 5.69 Å². The van der Waals surface area contributed by atoms with Gasteiger partial charge >= 0.3 is 5.97 Å². The Morgan fingerprint density at radius 2 is 2.16 bits per heavy atom. The highest BCUT2D eigenvalue weighted by Gasteiger charge is 2.28. The molecule has 0 spiro atoms. The average molecular weight is 285 g/mol. The first-order valence-electron chi connectivity index (χ1n) is 5.64. The molecule has 1 amide bonds. The topological polar surface area (TPSA) is 84.4 Å². The highest BCUT2D eigenvalue weighted by molar-refractivity contribution is 6.28. The molecule has 0 atom stereocenters. The van der Waals surface area contributed by atoms with Gasteiger partial charge < -0.3 is 15.0 Å². The molecule has 7 nitrogen and oxygen atoms in total. The zero-order valence-electron chi connectivity index (χ0n) is 10.5. The van der Waals surface area contributed by atoms with E-state index in [0.717, 1.165) is 0 Å². The molecule has 0 bridgehead atoms. The van der Waals surface area contributed by atoms with Gasteiger partial charge in [-0.2, -0.15) is 0 Å². The lowest BCUT2D eigenvalue weighted by atomic mass is 10.1. The highest BCUT2D eigenvalue weighted by atomic mass is 35.5. The fourth-order valence-electron chi connectivity index (χ4n) is 1.74. The van der Waals surface area contributed by atoms with Crippen molar-refractivity contribution in [3.8, 4) is 0 Å². The normalized spacial score (nSPS) is 14.8. The molecule has 102 valence electrons. The Morgan fingerprint density at radius 3 is 2.74 bits per heavy atom. The molecule has 1 saturated heterocycles. The molecule has 0 aromatic carbocycles. The molecule has 0 saturated carbocycles. The number of nitrogens with zero attached hydrogens (tertiary/aromatic N) is 3. The quantitative estimate of drug-likeness (QED) is 0.645. The molecule has 1 aliphatic rings. The van der Waals surface area contributed by atoms with Crippen molar-refractivity contribution in [3.63, 3.8) is 0 Å². The number of aromatic nitrogens is 2. The number of halogens is 1. The summed E-state index contributed by atoms with van der Waals surface area (Å²) in [6.07, 6.45) is 0. The van der Waals surface area contributed by atoms with Gasteiger partial charge in [-0.1, -0.05) is 0 Å². The molecule has 19 heavy (non-hydrogen) atoms. The second kappa shape index (κ2) is 5.40. The van der Waals surface area contributed by atoms with Gasteiger partial charge in [-0.25, -0.2) is 14.8 Å². The second-order valence-electron chi connectivity index (χ2n) is 4.16. The maximum Gasteiger partial charge on any atom is 0.356 e.